The van der Waals surface area contributed by atoms with Crippen molar-refractivity contribution in [1.82, 2.24) is 0 Å². The van der Waals surface area contributed by atoms with Gasteiger partial charge in [0.1, 0.15) is 11.6 Å². The standard InChI is InChI=1S/C17H26O4/c1-2-3-4-5-6-7-8-9-10-14(18)16-13(17(20)21)11-12-15(16)19/h2,13,16H,1,3-12H2,(H,20,21). The van der Waals surface area contributed by atoms with Crippen molar-refractivity contribution in [3.8, 4) is 0 Å². The fraction of sp³-hybridized carbons (Fsp3) is 0.706. The third kappa shape index (κ3) is 5.82. The summed E-state index contributed by atoms with van der Waals surface area (Å²) in [5, 5.41) is 9.05. The predicted molar refractivity (Wildman–Crippen MR) is 81.0 cm³/mol. The molecule has 1 saturated carbocycles. The van der Waals surface area contributed by atoms with Crippen LogP contribution in [0.15, 0.2) is 12.7 Å². The van der Waals surface area contributed by atoms with E-state index in [1.54, 1.807) is 0 Å². The second-order valence-electron chi connectivity index (χ2n) is 5.84. The van der Waals surface area contributed by atoms with Gasteiger partial charge < -0.3 is 5.11 Å². The Morgan fingerprint density at radius 3 is 2.38 bits per heavy atom. The Balaban J connectivity index is 2.19. The number of carboxylic acid groups (broad SMARTS) is 1. The summed E-state index contributed by atoms with van der Waals surface area (Å²) in [5.41, 5.74) is 0. The molecule has 0 aromatic heterocycles. The lowest BCUT2D eigenvalue weighted by atomic mass is 9.89. The fourth-order valence-electron chi connectivity index (χ4n) is 2.96. The van der Waals surface area contributed by atoms with Gasteiger partial charge >= 0.3 is 5.97 Å². The lowest BCUT2D eigenvalue weighted by Crippen LogP contribution is -2.29. The van der Waals surface area contributed by atoms with Crippen molar-refractivity contribution >= 4 is 17.5 Å². The van der Waals surface area contributed by atoms with Gasteiger partial charge in [0.2, 0.25) is 0 Å². The van der Waals surface area contributed by atoms with Crippen LogP contribution in [0.4, 0.5) is 0 Å². The topological polar surface area (TPSA) is 71.4 Å². The molecule has 1 fully saturated rings. The molecule has 0 aromatic carbocycles. The minimum absolute atomic E-state index is 0.170. The van der Waals surface area contributed by atoms with Gasteiger partial charge in [0.25, 0.3) is 0 Å². The molecule has 0 aromatic rings. The number of aliphatic carboxylic acids is 1. The number of carbonyl (C=O) groups is 3. The highest BCUT2D eigenvalue weighted by Gasteiger charge is 2.43. The number of carboxylic acids is 1. The van der Waals surface area contributed by atoms with Gasteiger partial charge in [0.15, 0.2) is 0 Å². The molecule has 4 nitrogen and oxygen atoms in total. The monoisotopic (exact) mass is 294 g/mol. The van der Waals surface area contributed by atoms with Crippen LogP contribution in [0.1, 0.15) is 64.2 Å². The molecular formula is C17H26O4. The Bertz CT molecular complexity index is 386. The van der Waals surface area contributed by atoms with Crippen molar-refractivity contribution in [1.29, 1.82) is 0 Å². The maximum atomic E-state index is 12.0. The third-order valence-electron chi connectivity index (χ3n) is 4.20. The Morgan fingerprint density at radius 2 is 1.76 bits per heavy atom. The molecule has 4 heteroatoms. The largest absolute Gasteiger partial charge is 0.481 e. The van der Waals surface area contributed by atoms with Crippen molar-refractivity contribution in [2.75, 3.05) is 0 Å². The summed E-state index contributed by atoms with van der Waals surface area (Å²) in [7, 11) is 0. The fourth-order valence-corrected chi connectivity index (χ4v) is 2.96. The van der Waals surface area contributed by atoms with Crippen molar-refractivity contribution in [3.05, 3.63) is 12.7 Å². The highest BCUT2D eigenvalue weighted by molar-refractivity contribution is 6.07. The van der Waals surface area contributed by atoms with Crippen molar-refractivity contribution in [2.24, 2.45) is 11.8 Å². The van der Waals surface area contributed by atoms with Gasteiger partial charge in [0.05, 0.1) is 11.8 Å². The molecule has 2 unspecified atom stereocenters. The van der Waals surface area contributed by atoms with Gasteiger partial charge in [-0.2, -0.15) is 0 Å². The summed E-state index contributed by atoms with van der Waals surface area (Å²) in [6.45, 7) is 3.68. The van der Waals surface area contributed by atoms with E-state index in [1.807, 2.05) is 6.08 Å². The van der Waals surface area contributed by atoms with E-state index in [-0.39, 0.29) is 18.0 Å². The maximum Gasteiger partial charge on any atom is 0.307 e. The summed E-state index contributed by atoms with van der Waals surface area (Å²) < 4.78 is 0. The first-order valence-corrected chi connectivity index (χ1v) is 7.97. The van der Waals surface area contributed by atoms with Crippen LogP contribution in [-0.4, -0.2) is 22.6 Å². The second kappa shape index (κ2) is 9.48. The van der Waals surface area contributed by atoms with Gasteiger partial charge in [-0.3, -0.25) is 14.4 Å². The van der Waals surface area contributed by atoms with Crippen molar-refractivity contribution in [2.45, 2.75) is 64.2 Å². The van der Waals surface area contributed by atoms with Gasteiger partial charge in [0, 0.05) is 12.8 Å². The summed E-state index contributed by atoms with van der Waals surface area (Å²) in [4.78, 5) is 34.8. The number of Topliss-reactive ketones (excluding diaryl/α,β-unsaturated/α-hetero) is 2. The third-order valence-corrected chi connectivity index (χ3v) is 4.20. The first-order chi connectivity index (χ1) is 10.1. The van der Waals surface area contributed by atoms with E-state index in [4.69, 9.17) is 5.11 Å². The number of ketones is 2. The van der Waals surface area contributed by atoms with Gasteiger partial charge in [-0.25, -0.2) is 0 Å². The zero-order valence-electron chi connectivity index (χ0n) is 12.7. The average molecular weight is 294 g/mol. The molecule has 0 radical (unpaired) electrons. The highest BCUT2D eigenvalue weighted by Crippen LogP contribution is 2.31. The molecule has 0 aliphatic heterocycles. The first-order valence-electron chi connectivity index (χ1n) is 7.97. The summed E-state index contributed by atoms with van der Waals surface area (Å²) in [5.74, 6) is -3.03. The molecule has 0 heterocycles. The minimum Gasteiger partial charge on any atom is -0.481 e. The number of carbonyl (C=O) groups excluding carboxylic acids is 2. The quantitative estimate of drug-likeness (QED) is 0.359. The molecule has 0 amide bonds. The normalized spacial score (nSPS) is 21.4. The van der Waals surface area contributed by atoms with E-state index in [1.165, 1.54) is 12.8 Å². The van der Waals surface area contributed by atoms with Crippen molar-refractivity contribution < 1.29 is 19.5 Å². The molecule has 1 aliphatic rings. The Labute approximate surface area is 126 Å². The van der Waals surface area contributed by atoms with E-state index in [9.17, 15) is 14.4 Å². The van der Waals surface area contributed by atoms with Gasteiger partial charge in [-0.05, 0) is 25.7 Å². The van der Waals surface area contributed by atoms with Gasteiger partial charge in [-0.1, -0.05) is 31.8 Å². The lowest BCUT2D eigenvalue weighted by Gasteiger charge is -2.13. The Morgan fingerprint density at radius 1 is 1.14 bits per heavy atom. The summed E-state index contributed by atoms with van der Waals surface area (Å²) in [6.07, 6.45) is 10.2. The van der Waals surface area contributed by atoms with E-state index in [0.29, 0.717) is 12.8 Å². The van der Waals surface area contributed by atoms with Gasteiger partial charge in [-0.15, -0.1) is 6.58 Å². The van der Waals surface area contributed by atoms with Crippen LogP contribution in [0.3, 0.4) is 0 Å². The van der Waals surface area contributed by atoms with Crippen LogP contribution in [0.5, 0.6) is 0 Å². The Hall–Kier alpha value is -1.45. The van der Waals surface area contributed by atoms with Crippen LogP contribution in [-0.2, 0) is 14.4 Å². The molecule has 21 heavy (non-hydrogen) atoms. The average Bonchev–Trinajstić information content (AvgIpc) is 2.83. The van der Waals surface area contributed by atoms with Crippen LogP contribution in [0.25, 0.3) is 0 Å². The number of hydrogen-bond donors (Lipinski definition) is 1. The molecule has 118 valence electrons. The van der Waals surface area contributed by atoms with E-state index in [0.717, 1.165) is 32.1 Å². The molecule has 1 N–H and O–H groups in total. The minimum atomic E-state index is -1.01. The molecule has 0 spiro atoms. The van der Waals surface area contributed by atoms with Crippen molar-refractivity contribution in [3.63, 3.8) is 0 Å². The number of allylic oxidation sites excluding steroid dienone is 1. The number of unbranched alkanes of at least 4 members (excludes halogenated alkanes) is 6. The maximum absolute atomic E-state index is 12.0. The zero-order valence-corrected chi connectivity index (χ0v) is 12.7. The van der Waals surface area contributed by atoms with Crippen LogP contribution >= 0.6 is 0 Å². The molecular weight excluding hydrogens is 268 g/mol. The number of hydrogen-bond acceptors (Lipinski definition) is 3. The zero-order chi connectivity index (χ0) is 15.7. The lowest BCUT2D eigenvalue weighted by molar-refractivity contribution is -0.147. The Kier molecular flexibility index (Phi) is 7.95. The molecule has 1 aliphatic carbocycles. The first kappa shape index (κ1) is 17.6. The SMILES string of the molecule is C=CCCCCCCCCC(=O)C1C(=O)CCC1C(=O)O. The molecule has 0 saturated heterocycles. The van der Waals surface area contributed by atoms with E-state index in [2.05, 4.69) is 6.58 Å². The summed E-state index contributed by atoms with van der Waals surface area (Å²) in [6, 6.07) is 0. The van der Waals surface area contributed by atoms with E-state index >= 15 is 0 Å². The van der Waals surface area contributed by atoms with Crippen LogP contribution < -0.4 is 0 Å². The number of rotatable bonds is 11. The smallest absolute Gasteiger partial charge is 0.307 e. The molecule has 0 bridgehead atoms. The molecule has 1 rings (SSSR count). The van der Waals surface area contributed by atoms with E-state index < -0.39 is 17.8 Å². The predicted octanol–water partition coefficient (Wildman–Crippen LogP) is 3.54. The summed E-state index contributed by atoms with van der Waals surface area (Å²) >= 11 is 0. The molecule has 2 atom stereocenters. The highest BCUT2D eigenvalue weighted by atomic mass is 16.4. The van der Waals surface area contributed by atoms with Crippen LogP contribution in [0.2, 0.25) is 0 Å². The second-order valence-corrected chi connectivity index (χ2v) is 5.84. The van der Waals surface area contributed by atoms with Crippen LogP contribution in [0, 0.1) is 11.8 Å².